The summed E-state index contributed by atoms with van der Waals surface area (Å²) < 4.78 is 6.48. The maximum atomic E-state index is 12.0. The summed E-state index contributed by atoms with van der Waals surface area (Å²) in [5.41, 5.74) is 0.0126. The fourth-order valence-corrected chi connectivity index (χ4v) is 3.87. The minimum absolute atomic E-state index is 0.674. The highest BCUT2D eigenvalue weighted by Crippen LogP contribution is 2.48. The zero-order valence-corrected chi connectivity index (χ0v) is 13.4. The molecule has 0 unspecified atom stereocenters. The van der Waals surface area contributed by atoms with Crippen LogP contribution in [0.5, 0.6) is 5.75 Å². The Hall–Kier alpha value is -1.55. The van der Waals surface area contributed by atoms with Gasteiger partial charge in [-0.15, -0.1) is 0 Å². The van der Waals surface area contributed by atoms with Gasteiger partial charge in [0.2, 0.25) is 0 Å². The average molecular weight is 349 g/mol. The highest BCUT2D eigenvalue weighted by Gasteiger charge is 2.45. The largest absolute Gasteiger partial charge is 0.496 e. The second kappa shape index (κ2) is 5.34. The predicted molar refractivity (Wildman–Crippen MR) is 86.0 cm³/mol. The van der Waals surface area contributed by atoms with Crippen LogP contribution in [0.3, 0.4) is 0 Å². The van der Waals surface area contributed by atoms with Gasteiger partial charge >= 0.3 is 5.97 Å². The van der Waals surface area contributed by atoms with E-state index in [2.05, 4.69) is 15.9 Å². The first-order valence-corrected chi connectivity index (χ1v) is 7.88. The molecule has 0 heterocycles. The van der Waals surface area contributed by atoms with Crippen LogP contribution in [-0.2, 0) is 10.2 Å². The molecule has 0 bridgehead atoms. The van der Waals surface area contributed by atoms with Crippen molar-refractivity contribution in [2.45, 2.75) is 31.1 Å². The van der Waals surface area contributed by atoms with Gasteiger partial charge in [-0.3, -0.25) is 4.79 Å². The van der Waals surface area contributed by atoms with E-state index in [1.165, 1.54) is 0 Å². The summed E-state index contributed by atoms with van der Waals surface area (Å²) >= 11 is 3.47. The third kappa shape index (κ3) is 2.22. The number of benzene rings is 2. The zero-order valence-electron chi connectivity index (χ0n) is 11.9. The lowest BCUT2D eigenvalue weighted by Gasteiger charge is -2.28. The van der Waals surface area contributed by atoms with E-state index in [-0.39, 0.29) is 0 Å². The number of carboxylic acids is 1. The van der Waals surface area contributed by atoms with E-state index in [4.69, 9.17) is 4.74 Å². The first-order chi connectivity index (χ1) is 10.1. The molecule has 1 saturated carbocycles. The minimum atomic E-state index is -0.821. The molecule has 3 rings (SSSR count). The third-order valence-electron chi connectivity index (χ3n) is 4.51. The standard InChI is InChI=1S/C17H17BrO3/c1-21-14-7-4-11-10-12(18)5-6-13(11)15(14)17(16(19)20)8-2-3-9-17/h4-7,10H,2-3,8-9H2,1H3,(H,19,20). The van der Waals surface area contributed by atoms with Crippen molar-refractivity contribution in [3.05, 3.63) is 40.4 Å². The Bertz CT molecular complexity index is 702. The molecule has 0 saturated heterocycles. The molecule has 110 valence electrons. The number of rotatable bonds is 3. The number of fused-ring (bicyclic) bond motifs is 1. The molecular weight excluding hydrogens is 332 g/mol. The summed E-state index contributed by atoms with van der Waals surface area (Å²) in [6.07, 6.45) is 3.24. The Morgan fingerprint density at radius 3 is 2.57 bits per heavy atom. The van der Waals surface area contributed by atoms with Crippen molar-refractivity contribution < 1.29 is 14.6 Å². The number of halogens is 1. The van der Waals surface area contributed by atoms with Gasteiger partial charge in [0.1, 0.15) is 5.75 Å². The molecule has 0 aliphatic heterocycles. The summed E-state index contributed by atoms with van der Waals surface area (Å²) in [5.74, 6) is -0.0668. The molecule has 2 aromatic rings. The van der Waals surface area contributed by atoms with Crippen LogP contribution in [0.2, 0.25) is 0 Å². The average Bonchev–Trinajstić information content (AvgIpc) is 2.96. The summed E-state index contributed by atoms with van der Waals surface area (Å²) in [6, 6.07) is 9.82. The third-order valence-corrected chi connectivity index (χ3v) is 5.00. The highest BCUT2D eigenvalue weighted by molar-refractivity contribution is 9.10. The lowest BCUT2D eigenvalue weighted by atomic mass is 9.76. The molecule has 0 spiro atoms. The van der Waals surface area contributed by atoms with E-state index in [9.17, 15) is 9.90 Å². The van der Waals surface area contributed by atoms with E-state index in [0.29, 0.717) is 18.6 Å². The lowest BCUT2D eigenvalue weighted by Crippen LogP contribution is -2.33. The topological polar surface area (TPSA) is 46.5 Å². The Morgan fingerprint density at radius 2 is 1.95 bits per heavy atom. The maximum absolute atomic E-state index is 12.0. The molecule has 21 heavy (non-hydrogen) atoms. The monoisotopic (exact) mass is 348 g/mol. The Kier molecular flexibility index (Phi) is 3.66. The number of hydrogen-bond donors (Lipinski definition) is 1. The van der Waals surface area contributed by atoms with Gasteiger partial charge in [-0.1, -0.05) is 40.9 Å². The van der Waals surface area contributed by atoms with E-state index >= 15 is 0 Å². The van der Waals surface area contributed by atoms with Gasteiger partial charge in [-0.05, 0) is 41.8 Å². The predicted octanol–water partition coefficient (Wildman–Crippen LogP) is 4.51. The Labute approximate surface area is 132 Å². The van der Waals surface area contributed by atoms with Gasteiger partial charge in [-0.25, -0.2) is 0 Å². The second-order valence-electron chi connectivity index (χ2n) is 5.60. The van der Waals surface area contributed by atoms with Crippen molar-refractivity contribution in [2.24, 2.45) is 0 Å². The number of carbonyl (C=O) groups is 1. The van der Waals surface area contributed by atoms with Crippen molar-refractivity contribution in [2.75, 3.05) is 7.11 Å². The molecule has 1 fully saturated rings. The Morgan fingerprint density at radius 1 is 1.24 bits per heavy atom. The van der Waals surface area contributed by atoms with Crippen molar-refractivity contribution >= 4 is 32.7 Å². The molecule has 3 nitrogen and oxygen atoms in total. The minimum Gasteiger partial charge on any atom is -0.496 e. The smallest absolute Gasteiger partial charge is 0.314 e. The van der Waals surface area contributed by atoms with Crippen LogP contribution in [0.1, 0.15) is 31.2 Å². The number of carboxylic acid groups (broad SMARTS) is 1. The first kappa shape index (κ1) is 14.4. The van der Waals surface area contributed by atoms with Crippen LogP contribution in [0.25, 0.3) is 10.8 Å². The van der Waals surface area contributed by atoms with Crippen LogP contribution < -0.4 is 4.74 Å². The number of methoxy groups -OCH3 is 1. The van der Waals surface area contributed by atoms with E-state index in [1.54, 1.807) is 7.11 Å². The fraction of sp³-hybridized carbons (Fsp3) is 0.353. The van der Waals surface area contributed by atoms with Gasteiger partial charge in [0.15, 0.2) is 0 Å². The summed E-state index contributed by atoms with van der Waals surface area (Å²) in [5, 5.41) is 11.9. The normalized spacial score (nSPS) is 17.0. The second-order valence-corrected chi connectivity index (χ2v) is 6.52. The molecule has 0 atom stereocenters. The lowest BCUT2D eigenvalue weighted by molar-refractivity contribution is -0.143. The van der Waals surface area contributed by atoms with Crippen molar-refractivity contribution in [1.82, 2.24) is 0 Å². The number of aliphatic carboxylic acids is 1. The van der Waals surface area contributed by atoms with Crippen LogP contribution in [0.4, 0.5) is 0 Å². The molecule has 0 aromatic heterocycles. The van der Waals surface area contributed by atoms with E-state index in [0.717, 1.165) is 33.7 Å². The molecule has 1 aliphatic carbocycles. The summed E-state index contributed by atoms with van der Waals surface area (Å²) in [4.78, 5) is 12.0. The number of hydrogen-bond acceptors (Lipinski definition) is 2. The van der Waals surface area contributed by atoms with Gasteiger partial charge in [0, 0.05) is 10.0 Å². The van der Waals surface area contributed by atoms with Gasteiger partial charge in [-0.2, -0.15) is 0 Å². The molecule has 2 aromatic carbocycles. The van der Waals surface area contributed by atoms with Crippen molar-refractivity contribution in [3.63, 3.8) is 0 Å². The van der Waals surface area contributed by atoms with Crippen LogP contribution >= 0.6 is 15.9 Å². The van der Waals surface area contributed by atoms with E-state index < -0.39 is 11.4 Å². The quantitative estimate of drug-likeness (QED) is 0.887. The molecular formula is C17H17BrO3. The molecule has 0 radical (unpaired) electrons. The molecule has 1 N–H and O–H groups in total. The molecule has 1 aliphatic rings. The number of ether oxygens (including phenoxy) is 1. The van der Waals surface area contributed by atoms with Crippen LogP contribution in [0, 0.1) is 0 Å². The van der Waals surface area contributed by atoms with Gasteiger partial charge in [0.25, 0.3) is 0 Å². The molecule has 0 amide bonds. The van der Waals surface area contributed by atoms with E-state index in [1.807, 2.05) is 30.3 Å². The summed E-state index contributed by atoms with van der Waals surface area (Å²) in [7, 11) is 1.61. The maximum Gasteiger partial charge on any atom is 0.314 e. The SMILES string of the molecule is COc1ccc2cc(Br)ccc2c1C1(C(=O)O)CCCC1. The van der Waals surface area contributed by atoms with Crippen LogP contribution in [0.15, 0.2) is 34.8 Å². The van der Waals surface area contributed by atoms with Crippen LogP contribution in [-0.4, -0.2) is 18.2 Å². The van der Waals surface area contributed by atoms with Crippen molar-refractivity contribution in [3.8, 4) is 5.75 Å². The summed E-state index contributed by atoms with van der Waals surface area (Å²) in [6.45, 7) is 0. The fourth-order valence-electron chi connectivity index (χ4n) is 3.49. The van der Waals surface area contributed by atoms with Crippen molar-refractivity contribution in [1.29, 1.82) is 0 Å². The highest BCUT2D eigenvalue weighted by atomic mass is 79.9. The zero-order chi connectivity index (χ0) is 15.0. The Balaban J connectivity index is 2.35. The van der Waals surface area contributed by atoms with Gasteiger partial charge in [0.05, 0.1) is 12.5 Å². The first-order valence-electron chi connectivity index (χ1n) is 7.08. The molecule has 4 heteroatoms. The van der Waals surface area contributed by atoms with Gasteiger partial charge < -0.3 is 9.84 Å².